The molecule has 2 aromatic heterocycles. The van der Waals surface area contributed by atoms with Crippen molar-refractivity contribution < 1.29 is 9.18 Å². The van der Waals surface area contributed by atoms with Gasteiger partial charge in [0.2, 0.25) is 0 Å². The van der Waals surface area contributed by atoms with E-state index >= 15 is 0 Å². The highest BCUT2D eigenvalue weighted by Crippen LogP contribution is 2.24. The maximum atomic E-state index is 13.6. The SMILES string of the molecule is Cl.Cn1c(SCCCN2CCc3ccc(C(=O)c4cccc(F)c4)cc3C2)nnc1-c1cnccn1. The molecule has 0 amide bonds. The van der Waals surface area contributed by atoms with E-state index in [9.17, 15) is 9.18 Å². The Morgan fingerprint density at radius 2 is 1.94 bits per heavy atom. The predicted molar refractivity (Wildman–Crippen MR) is 140 cm³/mol. The minimum absolute atomic E-state index is 0. The molecule has 1 aliphatic heterocycles. The number of rotatable bonds is 8. The van der Waals surface area contributed by atoms with E-state index in [1.54, 1.807) is 42.5 Å². The Labute approximate surface area is 219 Å². The summed E-state index contributed by atoms with van der Waals surface area (Å²) in [6.07, 6.45) is 6.94. The van der Waals surface area contributed by atoms with Crippen LogP contribution in [0.5, 0.6) is 0 Å². The average Bonchev–Trinajstić information content (AvgIpc) is 3.26. The van der Waals surface area contributed by atoms with Crippen LogP contribution in [-0.2, 0) is 20.0 Å². The lowest BCUT2D eigenvalue weighted by Gasteiger charge is -2.29. The fraction of sp³-hybridized carbons (Fsp3) is 0.269. The molecule has 0 spiro atoms. The van der Waals surface area contributed by atoms with Crippen LogP contribution in [0.25, 0.3) is 11.5 Å². The summed E-state index contributed by atoms with van der Waals surface area (Å²) in [5, 5.41) is 9.42. The maximum absolute atomic E-state index is 13.6. The fourth-order valence-corrected chi connectivity index (χ4v) is 5.11. The number of benzene rings is 2. The summed E-state index contributed by atoms with van der Waals surface area (Å²) < 4.78 is 15.5. The normalized spacial score (nSPS) is 13.2. The molecule has 0 unspecified atom stereocenters. The van der Waals surface area contributed by atoms with Crippen LogP contribution in [0.4, 0.5) is 4.39 Å². The lowest BCUT2D eigenvalue weighted by molar-refractivity contribution is 0.103. The Kier molecular flexibility index (Phi) is 8.45. The van der Waals surface area contributed by atoms with Gasteiger partial charge in [-0.2, -0.15) is 0 Å². The first-order valence-corrected chi connectivity index (χ1v) is 12.5. The second-order valence-corrected chi connectivity index (χ2v) is 9.57. The summed E-state index contributed by atoms with van der Waals surface area (Å²) in [7, 11) is 1.94. The van der Waals surface area contributed by atoms with Crippen molar-refractivity contribution in [1.82, 2.24) is 29.6 Å². The average molecular weight is 525 g/mol. The van der Waals surface area contributed by atoms with Gasteiger partial charge in [-0.25, -0.2) is 9.37 Å². The van der Waals surface area contributed by atoms with Gasteiger partial charge in [0, 0.05) is 49.4 Å². The molecule has 36 heavy (non-hydrogen) atoms. The Hall–Kier alpha value is -3.14. The summed E-state index contributed by atoms with van der Waals surface area (Å²) in [5.41, 5.74) is 4.14. The van der Waals surface area contributed by atoms with Crippen molar-refractivity contribution in [2.45, 2.75) is 24.5 Å². The number of thioether (sulfide) groups is 1. The molecule has 4 aromatic rings. The van der Waals surface area contributed by atoms with Gasteiger partial charge < -0.3 is 4.57 Å². The van der Waals surface area contributed by atoms with Crippen molar-refractivity contribution in [1.29, 1.82) is 0 Å². The minimum atomic E-state index is -0.399. The van der Waals surface area contributed by atoms with E-state index in [0.717, 1.165) is 43.4 Å². The highest BCUT2D eigenvalue weighted by atomic mass is 35.5. The molecule has 5 rings (SSSR count). The lowest BCUT2D eigenvalue weighted by atomic mass is 9.94. The number of hydrogen-bond acceptors (Lipinski definition) is 7. The number of fused-ring (bicyclic) bond motifs is 1. The van der Waals surface area contributed by atoms with Crippen molar-refractivity contribution in [3.63, 3.8) is 0 Å². The first-order chi connectivity index (χ1) is 17.1. The zero-order valence-corrected chi connectivity index (χ0v) is 21.4. The lowest BCUT2D eigenvalue weighted by Crippen LogP contribution is -2.31. The summed E-state index contributed by atoms with van der Waals surface area (Å²) in [5.74, 6) is 1.08. The van der Waals surface area contributed by atoms with Gasteiger partial charge in [-0.15, -0.1) is 22.6 Å². The number of hydrogen-bond donors (Lipinski definition) is 0. The summed E-state index contributed by atoms with van der Waals surface area (Å²) >= 11 is 1.68. The van der Waals surface area contributed by atoms with E-state index in [2.05, 4.69) is 25.1 Å². The second-order valence-electron chi connectivity index (χ2n) is 8.51. The molecular formula is C26H26ClFN6OS. The van der Waals surface area contributed by atoms with Crippen LogP contribution in [0.15, 0.2) is 66.2 Å². The third-order valence-corrected chi connectivity index (χ3v) is 7.23. The van der Waals surface area contributed by atoms with Gasteiger partial charge in [0.25, 0.3) is 0 Å². The van der Waals surface area contributed by atoms with Crippen LogP contribution in [0.2, 0.25) is 0 Å². The number of nitrogens with zero attached hydrogens (tertiary/aromatic N) is 6. The highest BCUT2D eigenvalue weighted by molar-refractivity contribution is 7.99. The Morgan fingerprint density at radius 1 is 1.08 bits per heavy atom. The van der Waals surface area contributed by atoms with Gasteiger partial charge in [-0.3, -0.25) is 14.7 Å². The largest absolute Gasteiger partial charge is 0.304 e. The maximum Gasteiger partial charge on any atom is 0.193 e. The van der Waals surface area contributed by atoms with E-state index in [0.29, 0.717) is 22.6 Å². The molecule has 0 N–H and O–H groups in total. The zero-order valence-electron chi connectivity index (χ0n) is 19.8. The van der Waals surface area contributed by atoms with Crippen molar-refractivity contribution in [3.05, 3.63) is 89.1 Å². The van der Waals surface area contributed by atoms with E-state index in [1.807, 2.05) is 29.8 Å². The number of carbonyl (C=O) groups is 1. The zero-order chi connectivity index (χ0) is 24.2. The first-order valence-electron chi connectivity index (χ1n) is 11.5. The summed E-state index contributed by atoms with van der Waals surface area (Å²) in [4.78, 5) is 23.6. The topological polar surface area (TPSA) is 76.8 Å². The molecule has 0 atom stereocenters. The molecular weight excluding hydrogens is 499 g/mol. The number of ketones is 1. The third kappa shape index (κ3) is 5.80. The van der Waals surface area contributed by atoms with E-state index < -0.39 is 5.82 Å². The van der Waals surface area contributed by atoms with Gasteiger partial charge in [-0.1, -0.05) is 36.0 Å². The van der Waals surface area contributed by atoms with Crippen molar-refractivity contribution in [3.8, 4) is 11.5 Å². The Morgan fingerprint density at radius 3 is 2.75 bits per heavy atom. The molecule has 0 saturated heterocycles. The monoisotopic (exact) mass is 524 g/mol. The van der Waals surface area contributed by atoms with Crippen LogP contribution in [0, 0.1) is 5.82 Å². The van der Waals surface area contributed by atoms with Gasteiger partial charge in [0.1, 0.15) is 11.5 Å². The standard InChI is InChI=1S/C26H25FN6OS.ClH/c1-32-25(23-16-28-9-10-29-23)30-31-26(32)35-13-3-11-33-12-8-18-6-7-20(14-21(18)17-33)24(34)19-4-2-5-22(27)15-19;/h2,4-7,9-10,14-16H,3,8,11-13,17H2,1H3;1H. The van der Waals surface area contributed by atoms with Crippen LogP contribution >= 0.6 is 24.2 Å². The number of aromatic nitrogens is 5. The minimum Gasteiger partial charge on any atom is -0.304 e. The smallest absolute Gasteiger partial charge is 0.193 e. The van der Waals surface area contributed by atoms with Crippen LogP contribution in [0.3, 0.4) is 0 Å². The van der Waals surface area contributed by atoms with Crippen molar-refractivity contribution in [2.75, 3.05) is 18.8 Å². The number of halogens is 2. The second kappa shape index (κ2) is 11.7. The fourth-order valence-electron chi connectivity index (χ4n) is 4.27. The molecule has 3 heterocycles. The molecule has 2 aromatic carbocycles. The van der Waals surface area contributed by atoms with E-state index in [1.165, 1.54) is 23.3 Å². The molecule has 10 heteroatoms. The van der Waals surface area contributed by atoms with Gasteiger partial charge in [0.05, 0.1) is 6.20 Å². The third-order valence-electron chi connectivity index (χ3n) is 6.12. The summed E-state index contributed by atoms with van der Waals surface area (Å²) in [6.45, 7) is 2.77. The highest BCUT2D eigenvalue weighted by Gasteiger charge is 2.19. The van der Waals surface area contributed by atoms with Crippen molar-refractivity contribution in [2.24, 2.45) is 7.05 Å². The van der Waals surface area contributed by atoms with Crippen LogP contribution < -0.4 is 0 Å². The predicted octanol–water partition coefficient (Wildman–Crippen LogP) is 4.60. The molecule has 7 nitrogen and oxygen atoms in total. The van der Waals surface area contributed by atoms with E-state index in [4.69, 9.17) is 0 Å². The van der Waals surface area contributed by atoms with Gasteiger partial charge in [-0.05, 0) is 48.7 Å². The first kappa shape index (κ1) is 25.9. The quantitative estimate of drug-likeness (QED) is 0.189. The summed E-state index contributed by atoms with van der Waals surface area (Å²) in [6, 6.07) is 11.7. The molecule has 0 radical (unpaired) electrons. The number of carbonyl (C=O) groups excluding carboxylic acids is 1. The molecule has 0 aliphatic carbocycles. The Balaban J connectivity index is 0.00000304. The molecule has 0 fully saturated rings. The Bertz CT molecular complexity index is 1350. The van der Waals surface area contributed by atoms with Crippen LogP contribution in [-0.4, -0.2) is 54.3 Å². The molecule has 1 aliphatic rings. The van der Waals surface area contributed by atoms with Crippen molar-refractivity contribution >= 4 is 30.0 Å². The van der Waals surface area contributed by atoms with Crippen LogP contribution in [0.1, 0.15) is 33.5 Å². The molecule has 186 valence electrons. The molecule has 0 saturated carbocycles. The van der Waals surface area contributed by atoms with Gasteiger partial charge >= 0.3 is 0 Å². The van der Waals surface area contributed by atoms with E-state index in [-0.39, 0.29) is 18.2 Å². The van der Waals surface area contributed by atoms with Gasteiger partial charge in [0.15, 0.2) is 16.8 Å². The molecule has 0 bridgehead atoms.